The smallest absolute Gasteiger partial charge is 0.296 e. The Morgan fingerprint density at radius 3 is 2.87 bits per heavy atom. The van der Waals surface area contributed by atoms with Crippen molar-refractivity contribution >= 4 is 23.0 Å². The molecule has 1 aromatic carbocycles. The van der Waals surface area contributed by atoms with Crippen LogP contribution in [-0.4, -0.2) is 36.9 Å². The van der Waals surface area contributed by atoms with Gasteiger partial charge in [0.05, 0.1) is 16.8 Å². The van der Waals surface area contributed by atoms with E-state index in [1.54, 1.807) is 36.7 Å². The number of phenolic OH excluding ortho intramolecular Hbond substituents is 1. The van der Waals surface area contributed by atoms with Crippen LogP contribution in [0.25, 0.3) is 11.5 Å². The number of nitrogens with zero attached hydrogens (tertiary/aromatic N) is 5. The zero-order valence-corrected chi connectivity index (χ0v) is 17.3. The predicted octanol–water partition coefficient (Wildman–Crippen LogP) is 4.20. The molecule has 1 N–H and O–H groups in total. The number of aromatic hydroxyl groups is 1. The molecule has 0 spiro atoms. The topological polar surface area (TPSA) is 105 Å². The fourth-order valence-electron chi connectivity index (χ4n) is 3.51. The molecule has 1 amide bonds. The second-order valence-corrected chi connectivity index (χ2v) is 8.11. The van der Waals surface area contributed by atoms with Crippen LogP contribution in [0.1, 0.15) is 39.1 Å². The Balaban J connectivity index is 1.52. The van der Waals surface area contributed by atoms with Gasteiger partial charge in [0.25, 0.3) is 5.91 Å². The van der Waals surface area contributed by atoms with E-state index in [-0.39, 0.29) is 11.4 Å². The van der Waals surface area contributed by atoms with Gasteiger partial charge >= 0.3 is 0 Å². The Hall–Kier alpha value is -3.85. The molecule has 1 aliphatic rings. The summed E-state index contributed by atoms with van der Waals surface area (Å²) in [6.07, 6.45) is 3.82. The fraction of sp³-hybridized carbons (Fsp3) is 0.136. The second kappa shape index (κ2) is 7.77. The average Bonchev–Trinajstić information content (AvgIpc) is 3.53. The van der Waals surface area contributed by atoms with Gasteiger partial charge in [-0.25, -0.2) is 9.99 Å². The molecular weight excluding hydrogens is 414 g/mol. The number of thiazole rings is 1. The Morgan fingerprint density at radius 2 is 2.13 bits per heavy atom. The van der Waals surface area contributed by atoms with Crippen molar-refractivity contribution in [3.63, 3.8) is 0 Å². The van der Waals surface area contributed by atoms with Crippen LogP contribution in [0.5, 0.6) is 5.75 Å². The lowest BCUT2D eigenvalue weighted by molar-refractivity contribution is 0.0699. The van der Waals surface area contributed by atoms with Crippen molar-refractivity contribution < 1.29 is 14.4 Å². The molecule has 9 heteroatoms. The van der Waals surface area contributed by atoms with E-state index in [9.17, 15) is 9.90 Å². The number of phenols is 1. The van der Waals surface area contributed by atoms with Crippen LogP contribution in [0, 0.1) is 6.92 Å². The summed E-state index contributed by atoms with van der Waals surface area (Å²) in [7, 11) is 0. The number of amides is 1. The van der Waals surface area contributed by atoms with Crippen LogP contribution in [-0.2, 0) is 0 Å². The minimum absolute atomic E-state index is 0.103. The zero-order chi connectivity index (χ0) is 21.4. The standard InChI is InChI=1S/C22H17N5O3S/c1-13-24-18(12-31-13)21-10-17(26-30-21)22(29)27-19(15-6-2-3-7-20(15)28)9-16(25-27)14-5-4-8-23-11-14/h2-8,10-12,19,28H,9H2,1H3. The van der Waals surface area contributed by atoms with Crippen molar-refractivity contribution in [2.75, 3.05) is 0 Å². The number of pyridine rings is 1. The van der Waals surface area contributed by atoms with Crippen LogP contribution in [0.3, 0.4) is 0 Å². The second-order valence-electron chi connectivity index (χ2n) is 7.05. The van der Waals surface area contributed by atoms with Crippen molar-refractivity contribution in [1.29, 1.82) is 0 Å². The predicted molar refractivity (Wildman–Crippen MR) is 115 cm³/mol. The number of rotatable bonds is 4. The quantitative estimate of drug-likeness (QED) is 0.519. The van der Waals surface area contributed by atoms with Gasteiger partial charge in [-0.2, -0.15) is 5.10 Å². The molecule has 0 fully saturated rings. The van der Waals surface area contributed by atoms with E-state index in [1.165, 1.54) is 16.3 Å². The number of hydrogen-bond donors (Lipinski definition) is 1. The molecule has 4 heterocycles. The highest BCUT2D eigenvalue weighted by Crippen LogP contribution is 2.37. The van der Waals surface area contributed by atoms with Crippen LogP contribution < -0.4 is 0 Å². The summed E-state index contributed by atoms with van der Waals surface area (Å²) in [6, 6.07) is 11.7. The van der Waals surface area contributed by atoms with E-state index >= 15 is 0 Å². The lowest BCUT2D eigenvalue weighted by Crippen LogP contribution is -2.27. The number of hydrazone groups is 1. The highest BCUT2D eigenvalue weighted by atomic mass is 32.1. The summed E-state index contributed by atoms with van der Waals surface area (Å²) in [6.45, 7) is 1.90. The summed E-state index contributed by atoms with van der Waals surface area (Å²) >= 11 is 1.49. The van der Waals surface area contributed by atoms with E-state index < -0.39 is 11.9 Å². The molecule has 0 saturated carbocycles. The molecule has 5 rings (SSSR count). The Bertz CT molecular complexity index is 1280. The normalized spacial score (nSPS) is 15.8. The van der Waals surface area contributed by atoms with Gasteiger partial charge in [-0.1, -0.05) is 29.4 Å². The highest BCUT2D eigenvalue weighted by molar-refractivity contribution is 7.09. The number of benzene rings is 1. The summed E-state index contributed by atoms with van der Waals surface area (Å²) in [4.78, 5) is 21.9. The summed E-state index contributed by atoms with van der Waals surface area (Å²) < 4.78 is 5.36. The van der Waals surface area contributed by atoms with Gasteiger partial charge in [0.2, 0.25) is 0 Å². The summed E-state index contributed by atoms with van der Waals surface area (Å²) in [5.41, 5.74) is 2.88. The molecule has 0 aliphatic carbocycles. The summed E-state index contributed by atoms with van der Waals surface area (Å²) in [5, 5.41) is 23.0. The largest absolute Gasteiger partial charge is 0.508 e. The minimum atomic E-state index is -0.481. The van der Waals surface area contributed by atoms with E-state index in [1.807, 2.05) is 30.5 Å². The molecule has 1 aliphatic heterocycles. The van der Waals surface area contributed by atoms with Crippen LogP contribution in [0.2, 0.25) is 0 Å². The third-order valence-electron chi connectivity index (χ3n) is 5.01. The SMILES string of the molecule is Cc1nc(-c2cc(C(=O)N3N=C(c4cccnc4)CC3c3ccccc3O)no2)cs1. The molecule has 0 bridgehead atoms. The van der Waals surface area contributed by atoms with E-state index in [2.05, 4.69) is 20.2 Å². The lowest BCUT2D eigenvalue weighted by Gasteiger charge is -2.21. The summed E-state index contributed by atoms with van der Waals surface area (Å²) in [5.74, 6) is 0.100. The number of aryl methyl sites for hydroxylation is 1. The van der Waals surface area contributed by atoms with E-state index in [0.29, 0.717) is 29.2 Å². The molecule has 0 saturated heterocycles. The van der Waals surface area contributed by atoms with Crippen molar-refractivity contribution in [3.8, 4) is 17.2 Å². The van der Waals surface area contributed by atoms with Gasteiger partial charge in [-0.3, -0.25) is 9.78 Å². The first-order chi connectivity index (χ1) is 15.1. The van der Waals surface area contributed by atoms with Crippen LogP contribution >= 0.6 is 11.3 Å². The van der Waals surface area contributed by atoms with E-state index in [0.717, 1.165) is 10.6 Å². The fourth-order valence-corrected chi connectivity index (χ4v) is 4.11. The molecule has 3 aromatic heterocycles. The van der Waals surface area contributed by atoms with Crippen molar-refractivity contribution in [2.45, 2.75) is 19.4 Å². The van der Waals surface area contributed by atoms with Gasteiger partial charge < -0.3 is 9.63 Å². The maximum Gasteiger partial charge on any atom is 0.296 e. The van der Waals surface area contributed by atoms with Gasteiger partial charge in [-0.15, -0.1) is 11.3 Å². The third-order valence-corrected chi connectivity index (χ3v) is 5.78. The number of carbonyl (C=O) groups excluding carboxylic acids is 1. The average molecular weight is 431 g/mol. The molecule has 154 valence electrons. The zero-order valence-electron chi connectivity index (χ0n) is 16.5. The first-order valence-electron chi connectivity index (χ1n) is 9.58. The minimum Gasteiger partial charge on any atom is -0.508 e. The molecule has 1 atom stereocenters. The first-order valence-corrected chi connectivity index (χ1v) is 10.5. The molecule has 0 radical (unpaired) electrons. The van der Waals surface area contributed by atoms with Gasteiger partial charge in [-0.05, 0) is 19.1 Å². The molecule has 8 nitrogen and oxygen atoms in total. The molecule has 4 aromatic rings. The maximum absolute atomic E-state index is 13.3. The van der Waals surface area contributed by atoms with Crippen molar-refractivity contribution in [3.05, 3.63) is 82.1 Å². The Kier molecular flexibility index (Phi) is 4.79. The van der Waals surface area contributed by atoms with Crippen molar-refractivity contribution in [1.82, 2.24) is 20.1 Å². The van der Waals surface area contributed by atoms with Gasteiger partial charge in [0.1, 0.15) is 11.4 Å². The molecule has 31 heavy (non-hydrogen) atoms. The van der Waals surface area contributed by atoms with Crippen molar-refractivity contribution in [2.24, 2.45) is 5.10 Å². The lowest BCUT2D eigenvalue weighted by atomic mass is 9.98. The first kappa shape index (κ1) is 19.1. The number of aromatic nitrogens is 3. The monoisotopic (exact) mass is 431 g/mol. The Labute approximate surface area is 181 Å². The number of hydrogen-bond acceptors (Lipinski definition) is 8. The van der Waals surface area contributed by atoms with Crippen LogP contribution in [0.15, 0.2) is 69.9 Å². The van der Waals surface area contributed by atoms with E-state index in [4.69, 9.17) is 4.52 Å². The van der Waals surface area contributed by atoms with Gasteiger partial charge in [0.15, 0.2) is 11.5 Å². The molecule has 1 unspecified atom stereocenters. The number of para-hydroxylation sites is 1. The van der Waals surface area contributed by atoms with Crippen LogP contribution in [0.4, 0.5) is 0 Å². The Morgan fingerprint density at radius 1 is 1.26 bits per heavy atom. The number of carbonyl (C=O) groups is 1. The molecular formula is C22H17N5O3S. The third kappa shape index (κ3) is 3.59. The van der Waals surface area contributed by atoms with Gasteiger partial charge in [0, 0.05) is 41.4 Å². The highest BCUT2D eigenvalue weighted by Gasteiger charge is 2.36. The maximum atomic E-state index is 13.3.